The third-order valence-electron chi connectivity index (χ3n) is 4.58. The molecule has 0 unspecified atom stereocenters. The van der Waals surface area contributed by atoms with Crippen LogP contribution in [0.3, 0.4) is 0 Å². The third kappa shape index (κ3) is 2.97. The molecule has 3 rings (SSSR count). The second-order valence-corrected chi connectivity index (χ2v) is 9.36. The molecule has 1 aromatic carbocycles. The zero-order chi connectivity index (χ0) is 18.9. The maximum absolute atomic E-state index is 13.1. The van der Waals surface area contributed by atoms with Gasteiger partial charge in [-0.05, 0) is 19.4 Å². The van der Waals surface area contributed by atoms with Gasteiger partial charge in [-0.1, -0.05) is 46.3 Å². The number of thioether (sulfide) groups is 1. The monoisotopic (exact) mass is 441 g/mol. The molecular weight excluding hydrogens is 422 g/mol. The molecule has 0 spiro atoms. The molecule has 0 aromatic heterocycles. The van der Waals surface area contributed by atoms with E-state index in [-0.39, 0.29) is 35.7 Å². The average Bonchev–Trinajstić information content (AvgIpc) is 2.86. The van der Waals surface area contributed by atoms with Crippen LogP contribution in [0.5, 0.6) is 0 Å². The molecule has 2 saturated heterocycles. The molecule has 3 atom stereocenters. The van der Waals surface area contributed by atoms with E-state index >= 15 is 0 Å². The lowest BCUT2D eigenvalue weighted by atomic mass is 9.93. The number of β-lactam (4-membered cyclic amide) rings is 1. The SMILES string of the molecule is CC1(C)S[C@@H]2[C@@H](Br)C(=O)N2[C@@]1(OCCC=O)C(=O)OCc1ccccc1. The summed E-state index contributed by atoms with van der Waals surface area (Å²) in [5.74, 6) is -0.823. The summed E-state index contributed by atoms with van der Waals surface area (Å²) in [5, 5.41) is -0.210. The van der Waals surface area contributed by atoms with E-state index in [1.54, 1.807) is 0 Å². The van der Waals surface area contributed by atoms with Crippen LogP contribution in [0.15, 0.2) is 30.3 Å². The van der Waals surface area contributed by atoms with Crippen LogP contribution in [0.2, 0.25) is 0 Å². The number of rotatable bonds is 7. The number of carbonyl (C=O) groups excluding carboxylic acids is 3. The van der Waals surface area contributed by atoms with Gasteiger partial charge in [-0.15, -0.1) is 11.8 Å². The van der Waals surface area contributed by atoms with Crippen molar-refractivity contribution >= 4 is 45.9 Å². The van der Waals surface area contributed by atoms with Gasteiger partial charge in [0.2, 0.25) is 5.91 Å². The summed E-state index contributed by atoms with van der Waals surface area (Å²) in [6.45, 7) is 3.84. The number of nitrogens with zero attached hydrogens (tertiary/aromatic N) is 1. The standard InChI is InChI=1S/C18H20BrNO5S/c1-17(2)18(25-10-6-9-21,20-14(22)13(19)15(20)26-17)16(23)24-11-12-7-4-3-5-8-12/h3-5,7-9,13,15H,6,10-11H2,1-2H3/t13-,15+,18+/m0/s1. The minimum atomic E-state index is -1.55. The maximum atomic E-state index is 13.1. The van der Waals surface area contributed by atoms with Crippen molar-refractivity contribution in [1.29, 1.82) is 0 Å². The molecule has 2 aliphatic heterocycles. The Kier molecular flexibility index (Phi) is 5.46. The molecule has 2 heterocycles. The zero-order valence-corrected chi connectivity index (χ0v) is 16.9. The number of hydrogen-bond acceptors (Lipinski definition) is 6. The molecule has 26 heavy (non-hydrogen) atoms. The third-order valence-corrected chi connectivity index (χ3v) is 7.42. The number of amides is 1. The van der Waals surface area contributed by atoms with E-state index in [1.807, 2.05) is 44.2 Å². The highest BCUT2D eigenvalue weighted by molar-refractivity contribution is 9.10. The minimum absolute atomic E-state index is 0.0391. The molecule has 2 fully saturated rings. The van der Waals surface area contributed by atoms with Crippen LogP contribution in [0.4, 0.5) is 0 Å². The number of hydrogen-bond donors (Lipinski definition) is 0. The fraction of sp³-hybridized carbons (Fsp3) is 0.500. The van der Waals surface area contributed by atoms with Crippen molar-refractivity contribution in [2.24, 2.45) is 0 Å². The van der Waals surface area contributed by atoms with Gasteiger partial charge < -0.3 is 14.3 Å². The summed E-state index contributed by atoms with van der Waals surface area (Å²) >= 11 is 4.86. The molecule has 8 heteroatoms. The summed E-state index contributed by atoms with van der Waals surface area (Å²) in [4.78, 5) is 37.4. The number of fused-ring (bicyclic) bond motifs is 1. The van der Waals surface area contributed by atoms with Gasteiger partial charge in [-0.3, -0.25) is 9.69 Å². The first-order chi connectivity index (χ1) is 12.3. The highest BCUT2D eigenvalue weighted by Crippen LogP contribution is 2.59. The van der Waals surface area contributed by atoms with E-state index in [1.165, 1.54) is 16.7 Å². The normalized spacial score (nSPS) is 29.0. The van der Waals surface area contributed by atoms with E-state index in [4.69, 9.17) is 9.47 Å². The largest absolute Gasteiger partial charge is 0.457 e. The smallest absolute Gasteiger partial charge is 0.361 e. The van der Waals surface area contributed by atoms with E-state index in [0.717, 1.165) is 11.8 Å². The van der Waals surface area contributed by atoms with Crippen molar-refractivity contribution < 1.29 is 23.9 Å². The summed E-state index contributed by atoms with van der Waals surface area (Å²) in [5.41, 5.74) is -0.709. The highest BCUT2D eigenvalue weighted by atomic mass is 79.9. The van der Waals surface area contributed by atoms with Crippen LogP contribution in [-0.4, -0.2) is 50.3 Å². The lowest BCUT2D eigenvalue weighted by Gasteiger charge is -2.48. The van der Waals surface area contributed by atoms with Crippen molar-refractivity contribution in [3.63, 3.8) is 0 Å². The Bertz CT molecular complexity index is 713. The van der Waals surface area contributed by atoms with Crippen molar-refractivity contribution in [3.8, 4) is 0 Å². The van der Waals surface area contributed by atoms with Gasteiger partial charge in [-0.25, -0.2) is 4.79 Å². The molecule has 6 nitrogen and oxygen atoms in total. The van der Waals surface area contributed by atoms with Crippen LogP contribution in [-0.2, 0) is 30.5 Å². The Morgan fingerprint density at radius 1 is 1.35 bits per heavy atom. The average molecular weight is 442 g/mol. The Morgan fingerprint density at radius 2 is 2.04 bits per heavy atom. The Balaban J connectivity index is 1.87. The summed E-state index contributed by atoms with van der Waals surface area (Å²) < 4.78 is 10.7. The summed E-state index contributed by atoms with van der Waals surface area (Å²) in [6.07, 6.45) is 0.861. The molecule has 0 saturated carbocycles. The van der Waals surface area contributed by atoms with Crippen LogP contribution < -0.4 is 0 Å². The second kappa shape index (κ2) is 7.32. The summed E-state index contributed by atoms with van der Waals surface area (Å²) in [7, 11) is 0. The van der Waals surface area contributed by atoms with E-state index in [0.29, 0.717) is 0 Å². The minimum Gasteiger partial charge on any atom is -0.457 e. The van der Waals surface area contributed by atoms with E-state index in [2.05, 4.69) is 15.9 Å². The van der Waals surface area contributed by atoms with Gasteiger partial charge in [-0.2, -0.15) is 0 Å². The Labute approximate surface area is 164 Å². The van der Waals surface area contributed by atoms with Crippen molar-refractivity contribution in [3.05, 3.63) is 35.9 Å². The van der Waals surface area contributed by atoms with Crippen LogP contribution >= 0.6 is 27.7 Å². The molecular formula is C18H20BrNO5S. The molecule has 0 radical (unpaired) electrons. The van der Waals surface area contributed by atoms with Crippen molar-refractivity contribution in [1.82, 2.24) is 4.90 Å². The fourth-order valence-corrected chi connectivity index (χ4v) is 5.65. The Hall–Kier alpha value is -1.38. The number of benzene rings is 1. The number of halogens is 1. The number of ether oxygens (including phenoxy) is 2. The van der Waals surface area contributed by atoms with Crippen LogP contribution in [0.1, 0.15) is 25.8 Å². The number of alkyl halides is 1. The van der Waals surface area contributed by atoms with Gasteiger partial charge in [0, 0.05) is 6.42 Å². The fourth-order valence-electron chi connectivity index (χ4n) is 3.27. The number of aldehydes is 1. The molecule has 1 amide bonds. The first-order valence-corrected chi connectivity index (χ1v) is 10.1. The second-order valence-electron chi connectivity index (χ2n) is 6.64. The van der Waals surface area contributed by atoms with Gasteiger partial charge >= 0.3 is 5.97 Å². The topological polar surface area (TPSA) is 72.9 Å². The lowest BCUT2D eigenvalue weighted by Crippen LogP contribution is -2.72. The first kappa shape index (κ1) is 19.4. The number of carbonyl (C=O) groups is 3. The van der Waals surface area contributed by atoms with E-state index in [9.17, 15) is 14.4 Å². The van der Waals surface area contributed by atoms with Gasteiger partial charge in [0.1, 0.15) is 23.1 Å². The van der Waals surface area contributed by atoms with Crippen molar-refractivity contribution in [2.45, 2.75) is 47.5 Å². The van der Waals surface area contributed by atoms with Crippen LogP contribution in [0, 0.1) is 0 Å². The highest BCUT2D eigenvalue weighted by Gasteiger charge is 2.74. The van der Waals surface area contributed by atoms with Gasteiger partial charge in [0.05, 0.1) is 11.4 Å². The molecule has 0 N–H and O–H groups in total. The van der Waals surface area contributed by atoms with Gasteiger partial charge in [0.25, 0.3) is 5.72 Å². The van der Waals surface area contributed by atoms with Gasteiger partial charge in [0.15, 0.2) is 0 Å². The summed E-state index contributed by atoms with van der Waals surface area (Å²) in [6, 6.07) is 9.31. The zero-order valence-electron chi connectivity index (χ0n) is 14.5. The quantitative estimate of drug-likeness (QED) is 0.213. The molecule has 2 aliphatic rings. The predicted octanol–water partition coefficient (Wildman–Crippen LogP) is 2.49. The molecule has 1 aromatic rings. The predicted molar refractivity (Wildman–Crippen MR) is 101 cm³/mol. The molecule has 140 valence electrons. The molecule has 0 aliphatic carbocycles. The van der Waals surface area contributed by atoms with Crippen molar-refractivity contribution in [2.75, 3.05) is 6.61 Å². The first-order valence-electron chi connectivity index (χ1n) is 8.29. The van der Waals surface area contributed by atoms with Crippen LogP contribution in [0.25, 0.3) is 0 Å². The Morgan fingerprint density at radius 3 is 2.69 bits per heavy atom. The lowest BCUT2D eigenvalue weighted by molar-refractivity contribution is -0.219. The molecule has 0 bridgehead atoms. The van der Waals surface area contributed by atoms with E-state index < -0.39 is 16.4 Å². The number of esters is 1. The maximum Gasteiger partial charge on any atom is 0.361 e.